The van der Waals surface area contributed by atoms with Crippen molar-refractivity contribution in [2.45, 2.75) is 24.9 Å². The molecule has 2 aromatic rings. The van der Waals surface area contributed by atoms with Crippen molar-refractivity contribution in [3.05, 3.63) is 11.4 Å². The van der Waals surface area contributed by atoms with E-state index >= 15 is 0 Å². The highest BCUT2D eigenvalue weighted by molar-refractivity contribution is 7.16. The molecule has 18 heavy (non-hydrogen) atoms. The van der Waals surface area contributed by atoms with Gasteiger partial charge in [0, 0.05) is 6.54 Å². The maximum Gasteiger partial charge on any atom is 0.240 e. The summed E-state index contributed by atoms with van der Waals surface area (Å²) < 4.78 is 0. The van der Waals surface area contributed by atoms with Crippen LogP contribution in [0, 0.1) is 0 Å². The minimum atomic E-state index is -0.580. The number of aromatic nitrogens is 2. The van der Waals surface area contributed by atoms with Gasteiger partial charge in [-0.15, -0.1) is 11.3 Å². The van der Waals surface area contributed by atoms with Gasteiger partial charge in [0.15, 0.2) is 0 Å². The predicted octanol–water partition coefficient (Wildman–Crippen LogP) is 1.30. The van der Waals surface area contributed by atoms with Crippen molar-refractivity contribution >= 4 is 33.3 Å². The van der Waals surface area contributed by atoms with Crippen molar-refractivity contribution in [1.82, 2.24) is 9.97 Å². The number of rotatable bonds is 4. The molecule has 0 aromatic carbocycles. The van der Waals surface area contributed by atoms with E-state index in [1.165, 1.54) is 11.3 Å². The van der Waals surface area contributed by atoms with Gasteiger partial charge in [-0.3, -0.25) is 5.43 Å². The van der Waals surface area contributed by atoms with E-state index in [0.29, 0.717) is 12.5 Å². The van der Waals surface area contributed by atoms with E-state index in [9.17, 15) is 5.11 Å². The summed E-state index contributed by atoms with van der Waals surface area (Å²) in [5.41, 5.74) is 1.88. The van der Waals surface area contributed by atoms with Crippen LogP contribution in [0.5, 0.6) is 0 Å². The van der Waals surface area contributed by atoms with Gasteiger partial charge < -0.3 is 10.4 Å². The van der Waals surface area contributed by atoms with E-state index in [2.05, 4.69) is 20.7 Å². The maximum atomic E-state index is 10.1. The Balaban J connectivity index is 1.87. The van der Waals surface area contributed by atoms with Gasteiger partial charge in [-0.2, -0.15) is 4.98 Å². The third-order valence-corrected chi connectivity index (χ3v) is 4.13. The number of nitrogens with two attached hydrogens (primary N) is 1. The number of hydrazine groups is 1. The lowest BCUT2D eigenvalue weighted by Crippen LogP contribution is -2.43. The number of hydrogen-bond acceptors (Lipinski definition) is 7. The molecule has 1 aliphatic carbocycles. The number of nitrogens with one attached hydrogen (secondary N) is 2. The van der Waals surface area contributed by atoms with Gasteiger partial charge in [0.25, 0.3) is 0 Å². The molecule has 5 N–H and O–H groups in total. The normalized spacial score (nSPS) is 17.4. The standard InChI is InChI=1S/C11H15N5OS/c12-16-10-14-8(7-2-5-18-9(7)15-10)13-6-11(17)3-1-4-11/h2,5,17H,1,3-4,6,12H2,(H2,13,14,15,16). The quantitative estimate of drug-likeness (QED) is 0.491. The van der Waals surface area contributed by atoms with Crippen LogP contribution < -0.4 is 16.6 Å². The zero-order valence-corrected chi connectivity index (χ0v) is 10.6. The first-order chi connectivity index (χ1) is 8.70. The predicted molar refractivity (Wildman–Crippen MR) is 72.5 cm³/mol. The average molecular weight is 265 g/mol. The van der Waals surface area contributed by atoms with Crippen LogP contribution in [0.3, 0.4) is 0 Å². The summed E-state index contributed by atoms with van der Waals surface area (Å²) in [7, 11) is 0. The Labute approximate surface area is 108 Å². The Morgan fingerprint density at radius 1 is 1.44 bits per heavy atom. The molecule has 1 saturated carbocycles. The van der Waals surface area contributed by atoms with Crippen molar-refractivity contribution in [3.8, 4) is 0 Å². The molecule has 1 fully saturated rings. The Morgan fingerprint density at radius 2 is 2.28 bits per heavy atom. The van der Waals surface area contributed by atoms with E-state index in [4.69, 9.17) is 5.84 Å². The van der Waals surface area contributed by atoms with Gasteiger partial charge in [-0.1, -0.05) is 0 Å². The summed E-state index contributed by atoms with van der Waals surface area (Å²) in [5, 5.41) is 16.2. The fourth-order valence-electron chi connectivity index (χ4n) is 2.06. The molecular weight excluding hydrogens is 250 g/mol. The summed E-state index contributed by atoms with van der Waals surface area (Å²) in [6.45, 7) is 0.513. The average Bonchev–Trinajstić information content (AvgIpc) is 2.81. The molecule has 0 saturated heterocycles. The third kappa shape index (κ3) is 2.00. The Bertz CT molecular complexity index is 566. The van der Waals surface area contributed by atoms with Crippen LogP contribution in [0.15, 0.2) is 11.4 Å². The van der Waals surface area contributed by atoms with Gasteiger partial charge in [-0.25, -0.2) is 10.8 Å². The Kier molecular flexibility index (Phi) is 2.81. The molecule has 3 rings (SSSR count). The maximum absolute atomic E-state index is 10.1. The van der Waals surface area contributed by atoms with Crippen molar-refractivity contribution in [1.29, 1.82) is 0 Å². The smallest absolute Gasteiger partial charge is 0.240 e. The Hall–Kier alpha value is -1.44. The second kappa shape index (κ2) is 4.34. The van der Waals surface area contributed by atoms with E-state index in [-0.39, 0.29) is 0 Å². The lowest BCUT2D eigenvalue weighted by Gasteiger charge is -2.36. The van der Waals surface area contributed by atoms with Crippen molar-refractivity contribution in [2.24, 2.45) is 5.84 Å². The van der Waals surface area contributed by atoms with Crippen molar-refractivity contribution in [2.75, 3.05) is 17.3 Å². The lowest BCUT2D eigenvalue weighted by atomic mass is 9.80. The zero-order chi connectivity index (χ0) is 12.6. The van der Waals surface area contributed by atoms with Crippen LogP contribution in [-0.2, 0) is 0 Å². The molecule has 0 radical (unpaired) electrons. The second-order valence-electron chi connectivity index (χ2n) is 4.61. The SMILES string of the molecule is NNc1nc(NCC2(O)CCC2)c2ccsc2n1. The summed E-state index contributed by atoms with van der Waals surface area (Å²) in [4.78, 5) is 9.43. The van der Waals surface area contributed by atoms with Crippen LogP contribution in [0.1, 0.15) is 19.3 Å². The topological polar surface area (TPSA) is 96.1 Å². The number of anilines is 2. The molecule has 96 valence electrons. The first-order valence-corrected chi connectivity index (χ1v) is 6.76. The number of thiophene rings is 1. The van der Waals surface area contributed by atoms with Gasteiger partial charge in [0.1, 0.15) is 10.6 Å². The fraction of sp³-hybridized carbons (Fsp3) is 0.455. The number of hydrogen-bond donors (Lipinski definition) is 4. The molecule has 0 bridgehead atoms. The van der Waals surface area contributed by atoms with Crippen LogP contribution >= 0.6 is 11.3 Å². The minimum absolute atomic E-state index is 0.382. The summed E-state index contributed by atoms with van der Waals surface area (Å²) in [6, 6.07) is 1.97. The highest BCUT2D eigenvalue weighted by atomic mass is 32.1. The molecule has 1 aliphatic rings. The van der Waals surface area contributed by atoms with Crippen LogP contribution in [0.25, 0.3) is 10.2 Å². The van der Waals surface area contributed by atoms with Crippen molar-refractivity contribution < 1.29 is 5.11 Å². The van der Waals surface area contributed by atoms with Gasteiger partial charge in [0.2, 0.25) is 5.95 Å². The summed E-state index contributed by atoms with van der Waals surface area (Å²) in [5.74, 6) is 6.45. The van der Waals surface area contributed by atoms with Crippen LogP contribution in [0.4, 0.5) is 11.8 Å². The fourth-order valence-corrected chi connectivity index (χ4v) is 2.83. The number of nitrogen functional groups attached to an aromatic ring is 1. The Morgan fingerprint density at radius 3 is 2.94 bits per heavy atom. The van der Waals surface area contributed by atoms with Crippen LogP contribution in [0.2, 0.25) is 0 Å². The summed E-state index contributed by atoms with van der Waals surface area (Å²) in [6.07, 6.45) is 2.78. The largest absolute Gasteiger partial charge is 0.388 e. The number of aliphatic hydroxyl groups is 1. The molecule has 2 aromatic heterocycles. The summed E-state index contributed by atoms with van der Waals surface area (Å²) >= 11 is 1.53. The van der Waals surface area contributed by atoms with E-state index in [1.54, 1.807) is 0 Å². The second-order valence-corrected chi connectivity index (χ2v) is 5.51. The van der Waals surface area contributed by atoms with Gasteiger partial charge >= 0.3 is 0 Å². The number of fused-ring (bicyclic) bond motifs is 1. The minimum Gasteiger partial charge on any atom is -0.388 e. The highest BCUT2D eigenvalue weighted by Gasteiger charge is 2.34. The van der Waals surface area contributed by atoms with Crippen LogP contribution in [-0.4, -0.2) is 27.2 Å². The van der Waals surface area contributed by atoms with Crippen molar-refractivity contribution in [3.63, 3.8) is 0 Å². The first-order valence-electron chi connectivity index (χ1n) is 5.88. The van der Waals surface area contributed by atoms with Gasteiger partial charge in [-0.05, 0) is 30.7 Å². The molecule has 0 amide bonds. The molecule has 2 heterocycles. The monoisotopic (exact) mass is 265 g/mol. The zero-order valence-electron chi connectivity index (χ0n) is 9.81. The first kappa shape index (κ1) is 11.6. The van der Waals surface area contributed by atoms with Gasteiger partial charge in [0.05, 0.1) is 11.0 Å². The molecule has 7 heteroatoms. The number of nitrogens with zero attached hydrogens (tertiary/aromatic N) is 2. The molecule has 0 atom stereocenters. The van der Waals surface area contributed by atoms with E-state index < -0.39 is 5.60 Å². The molecule has 6 nitrogen and oxygen atoms in total. The third-order valence-electron chi connectivity index (χ3n) is 3.32. The highest BCUT2D eigenvalue weighted by Crippen LogP contribution is 2.33. The molecular formula is C11H15N5OS. The molecule has 0 aliphatic heterocycles. The van der Waals surface area contributed by atoms with E-state index in [0.717, 1.165) is 35.3 Å². The lowest BCUT2D eigenvalue weighted by molar-refractivity contribution is -0.0202. The van der Waals surface area contributed by atoms with E-state index in [1.807, 2.05) is 11.4 Å². The molecule has 0 unspecified atom stereocenters. The molecule has 0 spiro atoms.